The fourth-order valence-electron chi connectivity index (χ4n) is 2.56. The van der Waals surface area contributed by atoms with Gasteiger partial charge in [-0.05, 0) is 25.2 Å². The van der Waals surface area contributed by atoms with Crippen molar-refractivity contribution in [1.29, 1.82) is 0 Å². The Morgan fingerprint density at radius 3 is 2.60 bits per heavy atom. The van der Waals surface area contributed by atoms with Crippen LogP contribution in [0, 0.1) is 11.8 Å². The van der Waals surface area contributed by atoms with Gasteiger partial charge in [0.25, 0.3) is 0 Å². The minimum Gasteiger partial charge on any atom is -0.345 e. The number of nitrogens with zero attached hydrogens (tertiary/aromatic N) is 2. The van der Waals surface area contributed by atoms with Crippen LogP contribution in [0.2, 0.25) is 0 Å². The zero-order valence-electron chi connectivity index (χ0n) is 13.3. The molecular weight excluding hydrogens is 254 g/mol. The first-order valence-corrected chi connectivity index (χ1v) is 7.59. The lowest BCUT2D eigenvalue weighted by atomic mass is 9.96. The second-order valence-corrected chi connectivity index (χ2v) is 6.26. The zero-order chi connectivity index (χ0) is 15.3. The van der Waals surface area contributed by atoms with E-state index >= 15 is 0 Å². The van der Waals surface area contributed by atoms with Gasteiger partial charge in [-0.25, -0.2) is 0 Å². The molecule has 116 valence electrons. The van der Waals surface area contributed by atoms with E-state index in [1.807, 2.05) is 7.05 Å². The standard InChI is InChI=1S/C15H29N3O2/c1-11(2)14(16)7-9-17(4)15(20)13-6-5-8-18(10-13)12(3)19/h11,13-14H,5-10,16H2,1-4H3. The second-order valence-electron chi connectivity index (χ2n) is 6.26. The summed E-state index contributed by atoms with van der Waals surface area (Å²) in [4.78, 5) is 27.4. The molecule has 5 nitrogen and oxygen atoms in total. The highest BCUT2D eigenvalue weighted by atomic mass is 16.2. The zero-order valence-corrected chi connectivity index (χ0v) is 13.3. The molecule has 0 aromatic rings. The third-order valence-corrected chi connectivity index (χ3v) is 4.25. The molecule has 0 aliphatic carbocycles. The molecule has 1 saturated heterocycles. The van der Waals surface area contributed by atoms with Crippen molar-refractivity contribution in [2.24, 2.45) is 17.6 Å². The van der Waals surface area contributed by atoms with Gasteiger partial charge in [0.15, 0.2) is 0 Å². The van der Waals surface area contributed by atoms with Gasteiger partial charge >= 0.3 is 0 Å². The van der Waals surface area contributed by atoms with E-state index in [1.165, 1.54) is 0 Å². The van der Waals surface area contributed by atoms with Crippen LogP contribution >= 0.6 is 0 Å². The summed E-state index contributed by atoms with van der Waals surface area (Å²) in [6.07, 6.45) is 2.61. The molecule has 0 bridgehead atoms. The Morgan fingerprint density at radius 1 is 1.40 bits per heavy atom. The Morgan fingerprint density at radius 2 is 2.05 bits per heavy atom. The minimum absolute atomic E-state index is 0.0482. The number of piperidine rings is 1. The molecule has 2 atom stereocenters. The van der Waals surface area contributed by atoms with Crippen molar-refractivity contribution in [3.8, 4) is 0 Å². The third-order valence-electron chi connectivity index (χ3n) is 4.25. The van der Waals surface area contributed by atoms with Crippen molar-refractivity contribution in [2.45, 2.75) is 46.1 Å². The minimum atomic E-state index is -0.0482. The number of hydrogen-bond acceptors (Lipinski definition) is 3. The summed E-state index contributed by atoms with van der Waals surface area (Å²) >= 11 is 0. The molecule has 1 fully saturated rings. The Balaban J connectivity index is 2.45. The Labute approximate surface area is 122 Å². The van der Waals surface area contributed by atoms with Crippen LogP contribution in [0.1, 0.15) is 40.0 Å². The largest absolute Gasteiger partial charge is 0.345 e. The Hall–Kier alpha value is -1.10. The third kappa shape index (κ3) is 4.78. The normalized spacial score (nSPS) is 20.9. The van der Waals surface area contributed by atoms with Crippen LogP contribution in [0.15, 0.2) is 0 Å². The highest BCUT2D eigenvalue weighted by Gasteiger charge is 2.29. The van der Waals surface area contributed by atoms with Gasteiger partial charge in [-0.2, -0.15) is 0 Å². The van der Waals surface area contributed by atoms with Crippen molar-refractivity contribution in [3.63, 3.8) is 0 Å². The highest BCUT2D eigenvalue weighted by molar-refractivity contribution is 5.80. The summed E-state index contributed by atoms with van der Waals surface area (Å²) in [6, 6.07) is 0.130. The first kappa shape index (κ1) is 17.0. The van der Waals surface area contributed by atoms with Gasteiger partial charge in [-0.1, -0.05) is 13.8 Å². The molecule has 2 unspecified atom stereocenters. The molecule has 0 spiro atoms. The summed E-state index contributed by atoms with van der Waals surface area (Å²) in [5.74, 6) is 0.591. The number of rotatable bonds is 5. The van der Waals surface area contributed by atoms with Gasteiger partial charge in [0.2, 0.25) is 11.8 Å². The Bertz CT molecular complexity index is 344. The molecule has 1 heterocycles. The lowest BCUT2D eigenvalue weighted by Gasteiger charge is -2.33. The molecule has 0 aromatic heterocycles. The number of hydrogen-bond donors (Lipinski definition) is 1. The maximum atomic E-state index is 12.4. The van der Waals surface area contributed by atoms with Gasteiger partial charge in [0, 0.05) is 39.6 Å². The fraction of sp³-hybridized carbons (Fsp3) is 0.867. The first-order chi connectivity index (χ1) is 9.32. The monoisotopic (exact) mass is 283 g/mol. The average molecular weight is 283 g/mol. The summed E-state index contributed by atoms with van der Waals surface area (Å²) in [5, 5.41) is 0. The number of carbonyl (C=O) groups excluding carboxylic acids is 2. The lowest BCUT2D eigenvalue weighted by Crippen LogP contribution is -2.46. The summed E-state index contributed by atoms with van der Waals surface area (Å²) in [7, 11) is 1.84. The summed E-state index contributed by atoms with van der Waals surface area (Å²) in [6.45, 7) is 7.79. The van der Waals surface area contributed by atoms with Crippen molar-refractivity contribution in [2.75, 3.05) is 26.7 Å². The van der Waals surface area contributed by atoms with Crippen LogP contribution in [0.5, 0.6) is 0 Å². The van der Waals surface area contributed by atoms with Crippen molar-refractivity contribution < 1.29 is 9.59 Å². The van der Waals surface area contributed by atoms with E-state index in [-0.39, 0.29) is 23.8 Å². The van der Waals surface area contributed by atoms with Crippen molar-refractivity contribution in [3.05, 3.63) is 0 Å². The van der Waals surface area contributed by atoms with Crippen LogP contribution in [0.25, 0.3) is 0 Å². The summed E-state index contributed by atoms with van der Waals surface area (Å²) in [5.41, 5.74) is 6.01. The van der Waals surface area contributed by atoms with E-state index in [0.29, 0.717) is 19.0 Å². The van der Waals surface area contributed by atoms with Crippen LogP contribution in [-0.4, -0.2) is 54.3 Å². The van der Waals surface area contributed by atoms with E-state index in [2.05, 4.69) is 13.8 Å². The summed E-state index contributed by atoms with van der Waals surface area (Å²) < 4.78 is 0. The first-order valence-electron chi connectivity index (χ1n) is 7.59. The van der Waals surface area contributed by atoms with Gasteiger partial charge < -0.3 is 15.5 Å². The van der Waals surface area contributed by atoms with E-state index in [9.17, 15) is 9.59 Å². The maximum Gasteiger partial charge on any atom is 0.227 e. The average Bonchev–Trinajstić information content (AvgIpc) is 2.43. The SMILES string of the molecule is CC(=O)N1CCCC(C(=O)N(C)CCC(N)C(C)C)C1. The molecule has 0 aromatic carbocycles. The molecule has 0 saturated carbocycles. The van der Waals surface area contributed by atoms with Crippen molar-refractivity contribution in [1.82, 2.24) is 9.80 Å². The molecule has 5 heteroatoms. The number of nitrogens with two attached hydrogens (primary N) is 1. The molecule has 2 N–H and O–H groups in total. The molecule has 1 aliphatic rings. The van der Waals surface area contributed by atoms with Crippen molar-refractivity contribution >= 4 is 11.8 Å². The molecule has 2 amide bonds. The molecule has 0 radical (unpaired) electrons. The van der Waals surface area contributed by atoms with Crippen LogP contribution < -0.4 is 5.73 Å². The quantitative estimate of drug-likeness (QED) is 0.821. The van der Waals surface area contributed by atoms with E-state index in [0.717, 1.165) is 25.8 Å². The number of likely N-dealkylation sites (tertiary alicyclic amines) is 1. The second kappa shape index (κ2) is 7.62. The predicted molar refractivity (Wildman–Crippen MR) is 80.0 cm³/mol. The van der Waals surface area contributed by atoms with Crippen LogP contribution in [0.3, 0.4) is 0 Å². The topological polar surface area (TPSA) is 66.6 Å². The molecular formula is C15H29N3O2. The highest BCUT2D eigenvalue weighted by Crippen LogP contribution is 2.19. The molecule has 1 rings (SSSR count). The number of carbonyl (C=O) groups is 2. The van der Waals surface area contributed by atoms with Crippen LogP contribution in [0.4, 0.5) is 0 Å². The van der Waals surface area contributed by atoms with Gasteiger partial charge in [-0.3, -0.25) is 9.59 Å². The van der Waals surface area contributed by atoms with E-state index < -0.39 is 0 Å². The maximum absolute atomic E-state index is 12.4. The molecule has 1 aliphatic heterocycles. The van der Waals surface area contributed by atoms with E-state index in [1.54, 1.807) is 16.7 Å². The fourth-order valence-corrected chi connectivity index (χ4v) is 2.56. The smallest absolute Gasteiger partial charge is 0.227 e. The van der Waals surface area contributed by atoms with E-state index in [4.69, 9.17) is 5.73 Å². The van der Waals surface area contributed by atoms with Crippen LogP contribution in [-0.2, 0) is 9.59 Å². The van der Waals surface area contributed by atoms with Gasteiger partial charge in [0.1, 0.15) is 0 Å². The Kier molecular flexibility index (Phi) is 6.46. The predicted octanol–water partition coefficient (Wildman–Crippen LogP) is 1.08. The molecule has 20 heavy (non-hydrogen) atoms. The van der Waals surface area contributed by atoms with Gasteiger partial charge in [0.05, 0.1) is 5.92 Å². The lowest BCUT2D eigenvalue weighted by molar-refractivity contribution is -0.139. The number of amides is 2. The van der Waals surface area contributed by atoms with Gasteiger partial charge in [-0.15, -0.1) is 0 Å².